The average Bonchev–Trinajstić information content (AvgIpc) is 2.73. The van der Waals surface area contributed by atoms with Crippen molar-refractivity contribution in [3.8, 4) is 0 Å². The van der Waals surface area contributed by atoms with E-state index in [9.17, 15) is 19.2 Å². The summed E-state index contributed by atoms with van der Waals surface area (Å²) in [5.41, 5.74) is 6.59. The van der Waals surface area contributed by atoms with E-state index in [1.54, 1.807) is 0 Å². The standard InChI is InChI=1S/C21H33N5O5/c1-15(2)11-17(22)20(29)25-12-18(27)23-9-10-24-19(28)13-26(3)21(30)31-14-16-7-5-4-6-8-16/h4-8,15,17H,9-14,22H2,1-3H3,(H,23,27)(H,24,28)(H,25,29). The van der Waals surface area contributed by atoms with Crippen LogP contribution in [0.5, 0.6) is 0 Å². The van der Waals surface area contributed by atoms with Gasteiger partial charge in [-0.05, 0) is 17.9 Å². The van der Waals surface area contributed by atoms with Crippen LogP contribution in [0.15, 0.2) is 30.3 Å². The van der Waals surface area contributed by atoms with Crippen LogP contribution in [0.25, 0.3) is 0 Å². The van der Waals surface area contributed by atoms with Gasteiger partial charge in [0, 0.05) is 20.1 Å². The first-order chi connectivity index (χ1) is 14.7. The first kappa shape index (κ1) is 25.9. The third-order valence-corrected chi connectivity index (χ3v) is 4.15. The second-order valence-electron chi connectivity index (χ2n) is 7.55. The summed E-state index contributed by atoms with van der Waals surface area (Å²) in [5.74, 6) is -0.871. The number of ether oxygens (including phenoxy) is 1. The Kier molecular flexibility index (Phi) is 11.7. The number of likely N-dealkylation sites (N-methyl/N-ethyl adjacent to an activating group) is 1. The van der Waals surface area contributed by atoms with Gasteiger partial charge in [0.25, 0.3) is 0 Å². The van der Waals surface area contributed by atoms with Crippen molar-refractivity contribution in [3.63, 3.8) is 0 Å². The van der Waals surface area contributed by atoms with Gasteiger partial charge in [-0.15, -0.1) is 0 Å². The maximum absolute atomic E-state index is 11.9. The maximum Gasteiger partial charge on any atom is 0.410 e. The zero-order valence-corrected chi connectivity index (χ0v) is 18.3. The summed E-state index contributed by atoms with van der Waals surface area (Å²) in [7, 11) is 1.46. The van der Waals surface area contributed by atoms with Gasteiger partial charge in [-0.25, -0.2) is 4.79 Å². The molecule has 1 atom stereocenters. The lowest BCUT2D eigenvalue weighted by molar-refractivity contribution is -0.127. The normalized spacial score (nSPS) is 11.4. The molecular formula is C21H33N5O5. The topological polar surface area (TPSA) is 143 Å². The Morgan fingerprint density at radius 2 is 1.61 bits per heavy atom. The second kappa shape index (κ2) is 14.0. The minimum absolute atomic E-state index is 0.122. The van der Waals surface area contributed by atoms with E-state index in [0.717, 1.165) is 10.5 Å². The minimum Gasteiger partial charge on any atom is -0.445 e. The van der Waals surface area contributed by atoms with Gasteiger partial charge in [0.05, 0.1) is 12.6 Å². The Labute approximate surface area is 182 Å². The summed E-state index contributed by atoms with van der Waals surface area (Å²) < 4.78 is 5.14. The van der Waals surface area contributed by atoms with Crippen LogP contribution in [-0.2, 0) is 25.7 Å². The second-order valence-corrected chi connectivity index (χ2v) is 7.55. The molecule has 1 aromatic rings. The predicted octanol–water partition coefficient (Wildman–Crippen LogP) is -0.0230. The summed E-state index contributed by atoms with van der Waals surface area (Å²) in [4.78, 5) is 48.5. The Hall–Kier alpha value is -3.14. The number of carbonyl (C=O) groups excluding carboxylic acids is 4. The fraction of sp³-hybridized carbons (Fsp3) is 0.524. The third kappa shape index (κ3) is 11.6. The van der Waals surface area contributed by atoms with Crippen molar-refractivity contribution in [1.82, 2.24) is 20.9 Å². The molecule has 0 aliphatic rings. The molecular weight excluding hydrogens is 402 g/mol. The van der Waals surface area contributed by atoms with Gasteiger partial charge >= 0.3 is 6.09 Å². The van der Waals surface area contributed by atoms with Gasteiger partial charge in [0.1, 0.15) is 13.2 Å². The van der Waals surface area contributed by atoms with E-state index in [1.165, 1.54) is 7.05 Å². The number of nitrogens with zero attached hydrogens (tertiary/aromatic N) is 1. The summed E-state index contributed by atoms with van der Waals surface area (Å²) in [6.07, 6.45) is -0.0768. The van der Waals surface area contributed by atoms with Crippen molar-refractivity contribution in [2.75, 3.05) is 33.2 Å². The number of hydrogen-bond acceptors (Lipinski definition) is 6. The molecule has 0 heterocycles. The van der Waals surface area contributed by atoms with Gasteiger partial charge in [0.2, 0.25) is 17.7 Å². The van der Waals surface area contributed by atoms with E-state index in [0.29, 0.717) is 6.42 Å². The van der Waals surface area contributed by atoms with Crippen LogP contribution in [0.1, 0.15) is 25.8 Å². The molecule has 0 saturated heterocycles. The Bertz CT molecular complexity index is 726. The molecule has 0 fully saturated rings. The first-order valence-corrected chi connectivity index (χ1v) is 10.2. The number of nitrogens with one attached hydrogen (secondary N) is 3. The molecule has 0 radical (unpaired) electrons. The number of rotatable bonds is 12. The van der Waals surface area contributed by atoms with Crippen molar-refractivity contribution in [2.45, 2.75) is 32.9 Å². The van der Waals surface area contributed by atoms with Crippen LogP contribution in [0.4, 0.5) is 4.79 Å². The van der Waals surface area contributed by atoms with Gasteiger partial charge < -0.3 is 31.3 Å². The van der Waals surface area contributed by atoms with Gasteiger partial charge in [0.15, 0.2) is 0 Å². The van der Waals surface area contributed by atoms with E-state index in [-0.39, 0.29) is 56.4 Å². The lowest BCUT2D eigenvalue weighted by atomic mass is 10.0. The molecule has 0 aliphatic carbocycles. The zero-order chi connectivity index (χ0) is 23.2. The van der Waals surface area contributed by atoms with Crippen LogP contribution >= 0.6 is 0 Å². The zero-order valence-electron chi connectivity index (χ0n) is 18.3. The molecule has 10 heteroatoms. The smallest absolute Gasteiger partial charge is 0.410 e. The van der Waals surface area contributed by atoms with Crippen molar-refractivity contribution in [2.24, 2.45) is 11.7 Å². The quantitative estimate of drug-likeness (QED) is 0.340. The van der Waals surface area contributed by atoms with Crippen LogP contribution < -0.4 is 21.7 Å². The highest BCUT2D eigenvalue weighted by Gasteiger charge is 2.16. The van der Waals surface area contributed by atoms with Crippen LogP contribution in [0.2, 0.25) is 0 Å². The fourth-order valence-electron chi connectivity index (χ4n) is 2.55. The van der Waals surface area contributed by atoms with Gasteiger partial charge in [-0.1, -0.05) is 44.2 Å². The predicted molar refractivity (Wildman–Crippen MR) is 116 cm³/mol. The van der Waals surface area contributed by atoms with Gasteiger partial charge in [-0.3, -0.25) is 14.4 Å². The van der Waals surface area contributed by atoms with Crippen molar-refractivity contribution in [3.05, 3.63) is 35.9 Å². The molecule has 31 heavy (non-hydrogen) atoms. The lowest BCUT2D eigenvalue weighted by Crippen LogP contribution is -2.46. The van der Waals surface area contributed by atoms with Gasteiger partial charge in [-0.2, -0.15) is 0 Å². The average molecular weight is 436 g/mol. The Balaban J connectivity index is 2.15. The van der Waals surface area contributed by atoms with Crippen LogP contribution in [0, 0.1) is 5.92 Å². The molecule has 0 saturated carbocycles. The number of amides is 4. The molecule has 0 aliphatic heterocycles. The van der Waals surface area contributed by atoms with Crippen LogP contribution in [0.3, 0.4) is 0 Å². The highest BCUT2D eigenvalue weighted by molar-refractivity contribution is 5.87. The van der Waals surface area contributed by atoms with Crippen LogP contribution in [-0.4, -0.2) is 68.0 Å². The summed E-state index contributed by atoms with van der Waals surface area (Å²) in [5, 5.41) is 7.64. The molecule has 172 valence electrons. The number of nitrogens with two attached hydrogens (primary N) is 1. The molecule has 5 N–H and O–H groups in total. The lowest BCUT2D eigenvalue weighted by Gasteiger charge is -2.17. The molecule has 4 amide bonds. The molecule has 1 unspecified atom stereocenters. The van der Waals surface area contributed by atoms with E-state index < -0.39 is 12.1 Å². The highest BCUT2D eigenvalue weighted by Crippen LogP contribution is 2.03. The SMILES string of the molecule is CC(C)CC(N)C(=O)NCC(=O)NCCNC(=O)CN(C)C(=O)OCc1ccccc1. The van der Waals surface area contributed by atoms with Crippen molar-refractivity contribution >= 4 is 23.8 Å². The Morgan fingerprint density at radius 1 is 1.00 bits per heavy atom. The molecule has 0 bridgehead atoms. The molecule has 0 aromatic heterocycles. The monoisotopic (exact) mass is 435 g/mol. The number of hydrogen-bond donors (Lipinski definition) is 4. The third-order valence-electron chi connectivity index (χ3n) is 4.15. The first-order valence-electron chi connectivity index (χ1n) is 10.2. The summed E-state index contributed by atoms with van der Waals surface area (Å²) in [6.45, 7) is 4.04. The fourth-order valence-corrected chi connectivity index (χ4v) is 2.55. The summed E-state index contributed by atoms with van der Waals surface area (Å²) in [6, 6.07) is 8.57. The van der Waals surface area contributed by atoms with E-state index >= 15 is 0 Å². The highest BCUT2D eigenvalue weighted by atomic mass is 16.6. The number of benzene rings is 1. The Morgan fingerprint density at radius 3 is 2.23 bits per heavy atom. The van der Waals surface area contributed by atoms with Crippen molar-refractivity contribution in [1.29, 1.82) is 0 Å². The maximum atomic E-state index is 11.9. The molecule has 1 rings (SSSR count). The minimum atomic E-state index is -0.650. The number of carbonyl (C=O) groups is 4. The molecule has 10 nitrogen and oxygen atoms in total. The largest absolute Gasteiger partial charge is 0.445 e. The van der Waals surface area contributed by atoms with E-state index in [4.69, 9.17) is 10.5 Å². The van der Waals surface area contributed by atoms with E-state index in [1.807, 2.05) is 44.2 Å². The van der Waals surface area contributed by atoms with E-state index in [2.05, 4.69) is 16.0 Å². The molecule has 0 spiro atoms. The molecule has 1 aromatic carbocycles. The van der Waals surface area contributed by atoms with Crippen molar-refractivity contribution < 1.29 is 23.9 Å². The summed E-state index contributed by atoms with van der Waals surface area (Å²) >= 11 is 0.